The first-order valence-electron chi connectivity index (χ1n) is 8.48. The molecule has 0 amide bonds. The molecule has 1 aromatic rings. The Balaban J connectivity index is 1.54. The molecular formula is C19H30N2. The van der Waals surface area contributed by atoms with Crippen LogP contribution in [0.4, 0.5) is 0 Å². The van der Waals surface area contributed by atoms with E-state index >= 15 is 0 Å². The van der Waals surface area contributed by atoms with Gasteiger partial charge in [0.15, 0.2) is 0 Å². The maximum atomic E-state index is 2.69. The molecule has 2 fully saturated rings. The number of nitrogens with zero attached hydrogens (tertiary/aromatic N) is 2. The lowest BCUT2D eigenvalue weighted by molar-refractivity contribution is 0.0846. The maximum Gasteiger partial charge on any atom is 0.0233 e. The lowest BCUT2D eigenvalue weighted by atomic mass is 9.77. The fourth-order valence-electron chi connectivity index (χ4n) is 3.94. The van der Waals surface area contributed by atoms with E-state index in [9.17, 15) is 0 Å². The molecule has 1 aromatic carbocycles. The highest BCUT2D eigenvalue weighted by atomic mass is 15.2. The van der Waals surface area contributed by atoms with Crippen molar-refractivity contribution in [3.8, 4) is 0 Å². The van der Waals surface area contributed by atoms with Gasteiger partial charge in [0.2, 0.25) is 0 Å². The van der Waals surface area contributed by atoms with Gasteiger partial charge in [-0.2, -0.15) is 0 Å². The van der Waals surface area contributed by atoms with Crippen LogP contribution in [0.15, 0.2) is 30.3 Å². The summed E-state index contributed by atoms with van der Waals surface area (Å²) in [5, 5.41) is 0. The van der Waals surface area contributed by atoms with Gasteiger partial charge in [-0.15, -0.1) is 0 Å². The molecule has 116 valence electrons. The molecule has 0 saturated carbocycles. The Morgan fingerprint density at radius 2 is 1.57 bits per heavy atom. The molecular weight excluding hydrogens is 256 g/mol. The SMILES string of the molecule is CC(C)(C)N1CCC2(CCN(Cc3ccccc3)CC2)C1. The minimum Gasteiger partial charge on any atom is -0.299 e. The van der Waals surface area contributed by atoms with Crippen LogP contribution in [0.5, 0.6) is 0 Å². The highest BCUT2D eigenvalue weighted by Gasteiger charge is 2.43. The predicted octanol–water partition coefficient (Wildman–Crippen LogP) is 3.77. The Hall–Kier alpha value is -0.860. The Bertz CT molecular complexity index is 452. The van der Waals surface area contributed by atoms with E-state index in [0.717, 1.165) is 6.54 Å². The highest BCUT2D eigenvalue weighted by molar-refractivity contribution is 5.14. The summed E-state index contributed by atoms with van der Waals surface area (Å²) in [5.41, 5.74) is 2.40. The molecule has 0 unspecified atom stereocenters. The predicted molar refractivity (Wildman–Crippen MR) is 89.3 cm³/mol. The third-order valence-electron chi connectivity index (χ3n) is 5.55. The Kier molecular flexibility index (Phi) is 4.11. The average molecular weight is 286 g/mol. The van der Waals surface area contributed by atoms with Crippen molar-refractivity contribution < 1.29 is 0 Å². The van der Waals surface area contributed by atoms with E-state index < -0.39 is 0 Å². The van der Waals surface area contributed by atoms with E-state index in [1.165, 1.54) is 51.0 Å². The summed E-state index contributed by atoms with van der Waals surface area (Å²) in [6, 6.07) is 10.9. The number of likely N-dealkylation sites (tertiary alicyclic amines) is 2. The number of rotatable bonds is 2. The summed E-state index contributed by atoms with van der Waals surface area (Å²) in [6.07, 6.45) is 4.17. The third kappa shape index (κ3) is 3.49. The van der Waals surface area contributed by atoms with Crippen LogP contribution in [-0.2, 0) is 6.54 Å². The van der Waals surface area contributed by atoms with Crippen molar-refractivity contribution in [1.82, 2.24) is 9.80 Å². The van der Waals surface area contributed by atoms with Gasteiger partial charge >= 0.3 is 0 Å². The first kappa shape index (κ1) is 15.1. The van der Waals surface area contributed by atoms with E-state index in [1.54, 1.807) is 0 Å². The number of hydrogen-bond acceptors (Lipinski definition) is 2. The zero-order chi connectivity index (χ0) is 14.9. The molecule has 0 aromatic heterocycles. The Morgan fingerprint density at radius 3 is 2.14 bits per heavy atom. The van der Waals surface area contributed by atoms with E-state index in [-0.39, 0.29) is 0 Å². The summed E-state index contributed by atoms with van der Waals surface area (Å²) in [6.45, 7) is 13.3. The topological polar surface area (TPSA) is 6.48 Å². The van der Waals surface area contributed by atoms with Crippen molar-refractivity contribution in [2.75, 3.05) is 26.2 Å². The summed E-state index contributed by atoms with van der Waals surface area (Å²) < 4.78 is 0. The second kappa shape index (κ2) is 5.73. The van der Waals surface area contributed by atoms with Crippen LogP contribution >= 0.6 is 0 Å². The zero-order valence-electron chi connectivity index (χ0n) is 13.9. The van der Waals surface area contributed by atoms with Crippen molar-refractivity contribution in [1.29, 1.82) is 0 Å². The zero-order valence-corrected chi connectivity index (χ0v) is 13.9. The van der Waals surface area contributed by atoms with Crippen LogP contribution in [0.25, 0.3) is 0 Å². The Morgan fingerprint density at radius 1 is 0.952 bits per heavy atom. The van der Waals surface area contributed by atoms with Gasteiger partial charge in [-0.05, 0) is 70.6 Å². The molecule has 2 nitrogen and oxygen atoms in total. The van der Waals surface area contributed by atoms with Gasteiger partial charge in [-0.25, -0.2) is 0 Å². The highest BCUT2D eigenvalue weighted by Crippen LogP contribution is 2.42. The van der Waals surface area contributed by atoms with Crippen LogP contribution in [0.3, 0.4) is 0 Å². The van der Waals surface area contributed by atoms with Gasteiger partial charge in [0.05, 0.1) is 0 Å². The second-order valence-electron chi connectivity index (χ2n) is 8.10. The molecule has 2 heterocycles. The molecule has 1 spiro atoms. The lowest BCUT2D eigenvalue weighted by Gasteiger charge is -2.41. The van der Waals surface area contributed by atoms with Crippen molar-refractivity contribution >= 4 is 0 Å². The molecule has 0 atom stereocenters. The minimum atomic E-state index is 0.338. The molecule has 0 N–H and O–H groups in total. The molecule has 21 heavy (non-hydrogen) atoms. The van der Waals surface area contributed by atoms with Crippen molar-refractivity contribution in [2.45, 2.75) is 52.1 Å². The first-order valence-corrected chi connectivity index (χ1v) is 8.48. The van der Waals surface area contributed by atoms with Gasteiger partial charge in [-0.3, -0.25) is 9.80 Å². The smallest absolute Gasteiger partial charge is 0.0233 e. The number of piperidine rings is 1. The van der Waals surface area contributed by atoms with Crippen molar-refractivity contribution in [2.24, 2.45) is 5.41 Å². The van der Waals surface area contributed by atoms with E-state index in [1.807, 2.05) is 0 Å². The molecule has 0 radical (unpaired) electrons. The van der Waals surface area contributed by atoms with Crippen molar-refractivity contribution in [3.05, 3.63) is 35.9 Å². The fraction of sp³-hybridized carbons (Fsp3) is 0.684. The number of hydrogen-bond donors (Lipinski definition) is 0. The average Bonchev–Trinajstić information content (AvgIpc) is 2.87. The van der Waals surface area contributed by atoms with Crippen LogP contribution in [0, 0.1) is 5.41 Å². The standard InChI is InChI=1S/C19H30N2/c1-18(2,3)21-14-11-19(16-21)9-12-20(13-10-19)15-17-7-5-4-6-8-17/h4-8H,9-16H2,1-3H3. The van der Waals surface area contributed by atoms with Gasteiger partial charge in [0.1, 0.15) is 0 Å². The summed E-state index contributed by atoms with van der Waals surface area (Å²) in [7, 11) is 0. The van der Waals surface area contributed by atoms with Crippen molar-refractivity contribution in [3.63, 3.8) is 0 Å². The largest absolute Gasteiger partial charge is 0.299 e. The summed E-state index contributed by atoms with van der Waals surface area (Å²) >= 11 is 0. The molecule has 2 saturated heterocycles. The number of benzene rings is 1. The molecule has 2 aliphatic heterocycles. The van der Waals surface area contributed by atoms with Gasteiger partial charge in [0.25, 0.3) is 0 Å². The summed E-state index contributed by atoms with van der Waals surface area (Å²) in [5.74, 6) is 0. The molecule has 3 rings (SSSR count). The van der Waals surface area contributed by atoms with Gasteiger partial charge in [-0.1, -0.05) is 30.3 Å². The quantitative estimate of drug-likeness (QED) is 0.816. The Labute approximate surface area is 130 Å². The molecule has 2 heteroatoms. The van der Waals surface area contributed by atoms with E-state index in [2.05, 4.69) is 60.9 Å². The normalized spacial score (nSPS) is 23.8. The lowest BCUT2D eigenvalue weighted by Crippen LogP contribution is -2.44. The molecule has 0 bridgehead atoms. The van der Waals surface area contributed by atoms with Gasteiger partial charge in [0, 0.05) is 18.6 Å². The minimum absolute atomic E-state index is 0.338. The van der Waals surface area contributed by atoms with Crippen LogP contribution in [0.1, 0.15) is 45.6 Å². The maximum absolute atomic E-state index is 2.69. The van der Waals surface area contributed by atoms with Crippen LogP contribution < -0.4 is 0 Å². The fourth-order valence-corrected chi connectivity index (χ4v) is 3.94. The third-order valence-corrected chi connectivity index (χ3v) is 5.55. The molecule has 0 aliphatic carbocycles. The van der Waals surface area contributed by atoms with E-state index in [4.69, 9.17) is 0 Å². The van der Waals surface area contributed by atoms with Crippen LogP contribution in [0.2, 0.25) is 0 Å². The second-order valence-corrected chi connectivity index (χ2v) is 8.10. The monoisotopic (exact) mass is 286 g/mol. The molecule has 2 aliphatic rings. The first-order chi connectivity index (χ1) is 9.97. The summed E-state index contributed by atoms with van der Waals surface area (Å²) in [4.78, 5) is 5.33. The van der Waals surface area contributed by atoms with Gasteiger partial charge < -0.3 is 0 Å². The van der Waals surface area contributed by atoms with E-state index in [0.29, 0.717) is 11.0 Å². The van der Waals surface area contributed by atoms with Crippen LogP contribution in [-0.4, -0.2) is 41.5 Å².